The van der Waals surface area contributed by atoms with Crippen LogP contribution in [0.3, 0.4) is 0 Å². The van der Waals surface area contributed by atoms with E-state index < -0.39 is 125 Å². The van der Waals surface area contributed by atoms with Crippen molar-refractivity contribution in [1.82, 2.24) is 5.32 Å². The first-order chi connectivity index (χ1) is 30.4. The number of hydrogen-bond acceptors (Lipinski definition) is 15. The monoisotopic (exact) mass is 904 g/mol. The number of nitrogens with two attached hydrogens (primary N) is 1. The lowest BCUT2D eigenvalue weighted by atomic mass is 9.40. The topological polar surface area (TPSA) is 236 Å². The molecular formula is C49H64N2O14. The van der Waals surface area contributed by atoms with Gasteiger partial charge in [-0.1, -0.05) is 62.4 Å². The Morgan fingerprint density at radius 2 is 1.57 bits per heavy atom. The highest BCUT2D eigenvalue weighted by Gasteiger charge is 2.77. The molecule has 16 heteroatoms. The number of carbonyl (C=O) groups is 6. The zero-order chi connectivity index (χ0) is 48.0. The van der Waals surface area contributed by atoms with Gasteiger partial charge in [-0.3, -0.25) is 14.4 Å². The minimum Gasteiger partial charge on any atom is -0.458 e. The van der Waals surface area contributed by atoms with Gasteiger partial charge in [-0.25, -0.2) is 14.4 Å². The van der Waals surface area contributed by atoms with Crippen LogP contribution in [0.15, 0.2) is 71.8 Å². The molecule has 1 unspecified atom stereocenters. The second-order valence-corrected chi connectivity index (χ2v) is 19.8. The number of amides is 1. The number of esters is 4. The molecule has 0 spiro atoms. The van der Waals surface area contributed by atoms with Crippen molar-refractivity contribution in [3.05, 3.63) is 82.9 Å². The van der Waals surface area contributed by atoms with Crippen molar-refractivity contribution in [2.75, 3.05) is 13.7 Å². The van der Waals surface area contributed by atoms with Gasteiger partial charge >= 0.3 is 30.0 Å². The number of ether oxygens (including phenoxy) is 6. The van der Waals surface area contributed by atoms with Gasteiger partial charge in [0.2, 0.25) is 6.10 Å². The van der Waals surface area contributed by atoms with Crippen LogP contribution in [0.5, 0.6) is 0 Å². The van der Waals surface area contributed by atoms with E-state index in [4.69, 9.17) is 34.2 Å². The molecule has 2 aromatic carbocycles. The molecule has 16 nitrogen and oxygen atoms in total. The zero-order valence-electron chi connectivity index (χ0n) is 38.9. The molecule has 4 aliphatic rings. The molecule has 12 atom stereocenters. The normalized spacial score (nSPS) is 31.7. The van der Waals surface area contributed by atoms with Crippen LogP contribution >= 0.6 is 0 Å². The van der Waals surface area contributed by atoms with E-state index in [-0.39, 0.29) is 23.5 Å². The summed E-state index contributed by atoms with van der Waals surface area (Å²) in [6.07, 6.45) is -6.10. The highest BCUT2D eigenvalue weighted by atomic mass is 16.6. The molecule has 2 bridgehead atoms. The Kier molecular flexibility index (Phi) is 13.8. The van der Waals surface area contributed by atoms with Gasteiger partial charge in [0.25, 0.3) is 0 Å². The van der Waals surface area contributed by atoms with E-state index >= 15 is 4.79 Å². The van der Waals surface area contributed by atoms with Crippen LogP contribution in [0, 0.1) is 28.6 Å². The second kappa shape index (κ2) is 18.3. The Balaban J connectivity index is 1.56. The molecule has 5 N–H and O–H groups in total. The van der Waals surface area contributed by atoms with Gasteiger partial charge in [-0.2, -0.15) is 0 Å². The lowest BCUT2D eigenvalue weighted by Crippen LogP contribution is -2.78. The van der Waals surface area contributed by atoms with E-state index in [1.165, 1.54) is 21.0 Å². The van der Waals surface area contributed by atoms with E-state index in [2.05, 4.69) is 5.32 Å². The number of nitrogens with one attached hydrogen (secondary N) is 1. The maximum absolute atomic E-state index is 15.7. The summed E-state index contributed by atoms with van der Waals surface area (Å²) >= 11 is 0. The van der Waals surface area contributed by atoms with Crippen LogP contribution in [0.2, 0.25) is 0 Å². The second-order valence-electron chi connectivity index (χ2n) is 19.8. The van der Waals surface area contributed by atoms with Gasteiger partial charge in [-0.05, 0) is 89.6 Å². The average Bonchev–Trinajstić information content (AvgIpc) is 3.23. The Morgan fingerprint density at radius 3 is 2.09 bits per heavy atom. The molecule has 354 valence electrons. The Bertz CT molecular complexity index is 2190. The summed E-state index contributed by atoms with van der Waals surface area (Å²) in [7, 11) is 1.46. The molecule has 0 radical (unpaired) electrons. The number of aliphatic hydroxyl groups is 2. The number of alkyl carbamates (subject to hydrolysis) is 1. The van der Waals surface area contributed by atoms with Crippen molar-refractivity contribution < 1.29 is 67.4 Å². The number of fused-ring (bicyclic) bond motifs is 5. The minimum atomic E-state index is -2.26. The maximum Gasteiger partial charge on any atom is 0.408 e. The van der Waals surface area contributed by atoms with Gasteiger partial charge in [0.05, 0.1) is 35.5 Å². The fourth-order valence-corrected chi connectivity index (χ4v) is 11.2. The first-order valence-corrected chi connectivity index (χ1v) is 22.2. The van der Waals surface area contributed by atoms with Crippen molar-refractivity contribution in [2.45, 2.75) is 141 Å². The van der Waals surface area contributed by atoms with E-state index in [1.807, 2.05) is 0 Å². The number of aliphatic hydroxyl groups excluding tert-OH is 1. The highest BCUT2D eigenvalue weighted by molar-refractivity contribution is 5.93. The summed E-state index contributed by atoms with van der Waals surface area (Å²) in [5.74, 6) is -7.14. The third-order valence-electron chi connectivity index (χ3n) is 14.3. The van der Waals surface area contributed by atoms with Crippen molar-refractivity contribution in [3.8, 4) is 0 Å². The smallest absolute Gasteiger partial charge is 0.408 e. The molecule has 6 rings (SSSR count). The van der Waals surface area contributed by atoms with Crippen molar-refractivity contribution >= 4 is 35.8 Å². The van der Waals surface area contributed by atoms with Crippen LogP contribution in [0.4, 0.5) is 4.79 Å². The quantitative estimate of drug-likeness (QED) is 0.124. The number of hydrogen-bond donors (Lipinski definition) is 4. The number of rotatable bonds is 12. The van der Waals surface area contributed by atoms with Crippen molar-refractivity contribution in [2.24, 2.45) is 34.3 Å². The molecule has 4 aliphatic carbocycles. The predicted octanol–water partition coefficient (Wildman–Crippen LogP) is 5.07. The van der Waals surface area contributed by atoms with E-state index in [0.717, 1.165) is 0 Å². The molecule has 0 aliphatic heterocycles. The Hall–Kier alpha value is -5.16. The third kappa shape index (κ3) is 8.82. The molecule has 0 saturated heterocycles. The molecule has 65 heavy (non-hydrogen) atoms. The summed E-state index contributed by atoms with van der Waals surface area (Å²) in [5.41, 5.74) is -0.910. The maximum atomic E-state index is 15.7. The lowest BCUT2D eigenvalue weighted by molar-refractivity contribution is -0.297. The van der Waals surface area contributed by atoms with Gasteiger partial charge in [0.1, 0.15) is 41.1 Å². The molecule has 2 aromatic rings. The van der Waals surface area contributed by atoms with Crippen LogP contribution in [0.25, 0.3) is 0 Å². The van der Waals surface area contributed by atoms with E-state index in [1.54, 1.807) is 109 Å². The molecular weight excluding hydrogens is 841 g/mol. The number of carbonyl (C=O) groups excluding carboxylic acids is 6. The Labute approximate surface area is 379 Å². The average molecular weight is 905 g/mol. The van der Waals surface area contributed by atoms with Crippen LogP contribution in [0.1, 0.15) is 110 Å². The third-order valence-corrected chi connectivity index (χ3v) is 14.3. The lowest BCUT2D eigenvalue weighted by Gasteiger charge is -2.68. The Morgan fingerprint density at radius 1 is 0.954 bits per heavy atom. The predicted molar refractivity (Wildman–Crippen MR) is 233 cm³/mol. The van der Waals surface area contributed by atoms with E-state index in [0.29, 0.717) is 24.0 Å². The fourth-order valence-electron chi connectivity index (χ4n) is 11.2. The van der Waals surface area contributed by atoms with Gasteiger partial charge < -0.3 is 49.7 Å². The zero-order valence-corrected chi connectivity index (χ0v) is 38.9. The summed E-state index contributed by atoms with van der Waals surface area (Å²) < 4.78 is 36.6. The van der Waals surface area contributed by atoms with Crippen LogP contribution in [-0.2, 0) is 47.6 Å². The molecule has 0 aromatic heterocycles. The molecule has 3 saturated carbocycles. The highest BCUT2D eigenvalue weighted by Crippen LogP contribution is 2.68. The first kappa shape index (κ1) is 49.3. The summed E-state index contributed by atoms with van der Waals surface area (Å²) in [5, 5.41) is 27.9. The van der Waals surface area contributed by atoms with Gasteiger partial charge in [0.15, 0.2) is 5.78 Å². The summed E-state index contributed by atoms with van der Waals surface area (Å²) in [4.78, 5) is 84.9. The van der Waals surface area contributed by atoms with Crippen molar-refractivity contribution in [1.29, 1.82) is 0 Å². The van der Waals surface area contributed by atoms with Crippen LogP contribution < -0.4 is 11.1 Å². The van der Waals surface area contributed by atoms with Crippen molar-refractivity contribution in [3.63, 3.8) is 0 Å². The SMILES string of the molecule is CO[C@H]1C[C@H]2CC[C@@]2(OC(C)=O)[C@H]2[C@H](OC(=O)c3ccccc3)[C@]3(O)C[C@H](OC(=O)[C@H](OC(=O)C(C)N)[C@@H](NC(=O)OC(C)(C)C)c4ccccc4)C(C)=C([C@@H](CO)C(=O)[C@]12C)C3(C)C. The van der Waals surface area contributed by atoms with Gasteiger partial charge in [-0.15, -0.1) is 0 Å². The number of ketones is 1. The standard InChI is InChI=1S/C49H64N2O14/c1-26-33(61-43(57)37(62-41(55)27(2)50)36(29-17-13-11-14-18-29)51-44(58)65-45(4,5)6)24-49(59)40(63-42(56)30-19-15-12-16-20-30)38-47(9,39(54)32(25-52)35(26)46(49,7)8)34(60-10)23-31-21-22-48(31,38)64-28(3)53/h11-20,27,31-34,36-38,40,52,59H,21-25,50H2,1-10H3,(H,51,58)/t27?,31-,32-,33+,34+,36+,37-,38+,40+,47-,48+,49-/m1/s1. The molecule has 0 heterocycles. The summed E-state index contributed by atoms with van der Waals surface area (Å²) in [6, 6.07) is 13.7. The van der Waals surface area contributed by atoms with E-state index in [9.17, 15) is 34.2 Å². The fraction of sp³-hybridized carbons (Fsp3) is 0.592. The number of benzene rings is 2. The molecule has 1 amide bonds. The van der Waals surface area contributed by atoms with Crippen LogP contribution in [-0.4, -0.2) is 107 Å². The largest absolute Gasteiger partial charge is 0.458 e. The first-order valence-electron chi connectivity index (χ1n) is 22.2. The number of Topliss-reactive ketones (excluding diaryl/α,β-unsaturated/α-hetero) is 1. The summed E-state index contributed by atoms with van der Waals surface area (Å²) in [6.45, 7) is 13.4. The molecule has 3 fully saturated rings. The minimum absolute atomic E-state index is 0.136. The number of methoxy groups -OCH3 is 1. The van der Waals surface area contributed by atoms with Gasteiger partial charge in [0, 0.05) is 31.8 Å².